The van der Waals surface area contributed by atoms with E-state index in [2.05, 4.69) is 60.5 Å². The monoisotopic (exact) mass is 360 g/mol. The molecule has 1 saturated heterocycles. The van der Waals surface area contributed by atoms with Gasteiger partial charge in [-0.05, 0) is 48.9 Å². The molecule has 3 nitrogen and oxygen atoms in total. The highest BCUT2D eigenvalue weighted by atomic mass is 35.5. The Balaban J connectivity index is 0.00000225. The Morgan fingerprint density at radius 1 is 1.16 bits per heavy atom. The van der Waals surface area contributed by atoms with Crippen molar-refractivity contribution >= 4 is 12.4 Å². The van der Waals surface area contributed by atoms with Crippen LogP contribution in [0.5, 0.6) is 5.75 Å². The summed E-state index contributed by atoms with van der Waals surface area (Å²) in [6.45, 7) is 7.27. The molecule has 4 heteroatoms. The van der Waals surface area contributed by atoms with E-state index in [9.17, 15) is 0 Å². The highest BCUT2D eigenvalue weighted by Crippen LogP contribution is 2.31. The molecular formula is C21H29ClN2O. The molecule has 1 fully saturated rings. The number of pyridine rings is 1. The predicted octanol–water partition coefficient (Wildman–Crippen LogP) is 4.47. The Hall–Kier alpha value is -1.58. The minimum atomic E-state index is 0. The number of piperidine rings is 1. The molecule has 0 amide bonds. The summed E-state index contributed by atoms with van der Waals surface area (Å²) in [6.07, 6.45) is 3.99. The van der Waals surface area contributed by atoms with E-state index in [0.717, 1.165) is 37.6 Å². The van der Waals surface area contributed by atoms with Gasteiger partial charge in [-0.25, -0.2) is 0 Å². The topological polar surface area (TPSA) is 34.1 Å². The van der Waals surface area contributed by atoms with E-state index in [1.807, 2.05) is 12.3 Å². The molecule has 1 aromatic heterocycles. The number of aromatic nitrogens is 1. The summed E-state index contributed by atoms with van der Waals surface area (Å²) in [7, 11) is 0. The van der Waals surface area contributed by atoms with Crippen LogP contribution in [0, 0.1) is 11.8 Å². The molecule has 0 unspecified atom stereocenters. The number of hydrogen-bond acceptors (Lipinski definition) is 3. The average Bonchev–Trinajstić information content (AvgIpc) is 2.61. The third-order valence-corrected chi connectivity index (χ3v) is 4.74. The van der Waals surface area contributed by atoms with Crippen molar-refractivity contribution in [1.82, 2.24) is 10.3 Å². The molecule has 1 N–H and O–H groups in total. The fourth-order valence-corrected chi connectivity index (χ4v) is 3.53. The van der Waals surface area contributed by atoms with E-state index in [1.165, 1.54) is 12.0 Å². The minimum absolute atomic E-state index is 0. The van der Waals surface area contributed by atoms with Gasteiger partial charge in [0.15, 0.2) is 0 Å². The zero-order valence-corrected chi connectivity index (χ0v) is 16.0. The molecule has 0 aliphatic carbocycles. The summed E-state index contributed by atoms with van der Waals surface area (Å²) < 4.78 is 6.23. The van der Waals surface area contributed by atoms with Crippen LogP contribution in [0.15, 0.2) is 48.7 Å². The second-order valence-corrected chi connectivity index (χ2v) is 7.13. The van der Waals surface area contributed by atoms with E-state index in [4.69, 9.17) is 4.74 Å². The van der Waals surface area contributed by atoms with Crippen LogP contribution in [0.2, 0.25) is 0 Å². The maximum absolute atomic E-state index is 6.23. The van der Waals surface area contributed by atoms with Gasteiger partial charge in [0.2, 0.25) is 0 Å². The smallest absolute Gasteiger partial charge is 0.140 e. The Morgan fingerprint density at radius 2 is 1.96 bits per heavy atom. The Morgan fingerprint density at radius 3 is 2.72 bits per heavy atom. The fraction of sp³-hybridized carbons (Fsp3) is 0.476. The van der Waals surface area contributed by atoms with Gasteiger partial charge < -0.3 is 10.1 Å². The number of nitrogens with one attached hydrogen (secondary N) is 1. The number of nitrogens with zero attached hydrogens (tertiary/aromatic N) is 1. The van der Waals surface area contributed by atoms with Gasteiger partial charge in [-0.3, -0.25) is 4.98 Å². The number of hydrogen-bond donors (Lipinski definition) is 1. The van der Waals surface area contributed by atoms with Gasteiger partial charge in [0.05, 0.1) is 12.3 Å². The molecule has 1 aromatic carbocycles. The molecule has 2 heterocycles. The lowest BCUT2D eigenvalue weighted by Gasteiger charge is -2.32. The van der Waals surface area contributed by atoms with Crippen LogP contribution >= 0.6 is 12.4 Å². The first-order chi connectivity index (χ1) is 11.7. The van der Waals surface area contributed by atoms with Crippen LogP contribution in [-0.4, -0.2) is 24.7 Å². The van der Waals surface area contributed by atoms with Gasteiger partial charge in [0, 0.05) is 18.7 Å². The Bertz CT molecular complexity index is 633. The van der Waals surface area contributed by atoms with E-state index in [-0.39, 0.29) is 12.4 Å². The van der Waals surface area contributed by atoms with Crippen molar-refractivity contribution in [3.05, 3.63) is 59.9 Å². The number of rotatable bonds is 6. The van der Waals surface area contributed by atoms with Crippen LogP contribution in [0.1, 0.15) is 37.4 Å². The van der Waals surface area contributed by atoms with E-state index in [0.29, 0.717) is 17.8 Å². The molecule has 0 saturated carbocycles. The molecule has 1 aliphatic heterocycles. The van der Waals surface area contributed by atoms with Crippen molar-refractivity contribution in [2.45, 2.75) is 32.6 Å². The highest BCUT2D eigenvalue weighted by Gasteiger charge is 2.27. The van der Waals surface area contributed by atoms with Gasteiger partial charge in [-0.2, -0.15) is 0 Å². The Kier molecular flexibility index (Phi) is 7.73. The van der Waals surface area contributed by atoms with Crippen molar-refractivity contribution in [3.8, 4) is 5.75 Å². The predicted molar refractivity (Wildman–Crippen MR) is 106 cm³/mol. The first kappa shape index (κ1) is 19.7. The number of ether oxygens (including phenoxy) is 1. The molecule has 1 aliphatic rings. The zero-order valence-electron chi connectivity index (χ0n) is 15.2. The van der Waals surface area contributed by atoms with E-state index >= 15 is 0 Å². The van der Waals surface area contributed by atoms with Crippen molar-refractivity contribution in [2.75, 3.05) is 19.7 Å². The molecule has 0 spiro atoms. The normalized spacial score (nSPS) is 20.1. The molecule has 25 heavy (non-hydrogen) atoms. The number of benzene rings is 1. The minimum Gasteiger partial charge on any atom is -0.491 e. The van der Waals surface area contributed by atoms with Crippen molar-refractivity contribution in [2.24, 2.45) is 11.8 Å². The number of halogens is 1. The maximum Gasteiger partial charge on any atom is 0.140 e. The summed E-state index contributed by atoms with van der Waals surface area (Å²) in [5.41, 5.74) is 2.51. The van der Waals surface area contributed by atoms with E-state index < -0.39 is 0 Å². The summed E-state index contributed by atoms with van der Waals surface area (Å²) >= 11 is 0. The standard InChI is InChI=1S/C21H28N2O.ClH/c1-16(2)13-20-21(9-6-11-23-20)24-15-18-14-22-12-10-19(18)17-7-4-3-5-8-17;/h3-9,11,16,18-19,22H,10,12-15H2,1-2H3;1H/t18-,19-;/m1./s1. The third kappa shape index (κ3) is 5.45. The van der Waals surface area contributed by atoms with Gasteiger partial charge >= 0.3 is 0 Å². The lowest BCUT2D eigenvalue weighted by molar-refractivity contribution is 0.194. The average molecular weight is 361 g/mol. The molecule has 2 aromatic rings. The van der Waals surface area contributed by atoms with Gasteiger partial charge in [-0.1, -0.05) is 44.2 Å². The highest BCUT2D eigenvalue weighted by molar-refractivity contribution is 5.85. The fourth-order valence-electron chi connectivity index (χ4n) is 3.53. The second-order valence-electron chi connectivity index (χ2n) is 7.13. The first-order valence-electron chi connectivity index (χ1n) is 9.06. The molecule has 0 bridgehead atoms. The van der Waals surface area contributed by atoms with Crippen molar-refractivity contribution < 1.29 is 4.74 Å². The maximum atomic E-state index is 6.23. The summed E-state index contributed by atoms with van der Waals surface area (Å²) in [5.74, 6) is 2.59. The van der Waals surface area contributed by atoms with Crippen LogP contribution in [0.3, 0.4) is 0 Å². The molecule has 136 valence electrons. The summed E-state index contributed by atoms with van der Waals surface area (Å²) in [5, 5.41) is 3.52. The van der Waals surface area contributed by atoms with Gasteiger partial charge in [0.1, 0.15) is 5.75 Å². The quantitative estimate of drug-likeness (QED) is 0.825. The van der Waals surface area contributed by atoms with Gasteiger partial charge in [0.25, 0.3) is 0 Å². The van der Waals surface area contributed by atoms with Crippen molar-refractivity contribution in [3.63, 3.8) is 0 Å². The van der Waals surface area contributed by atoms with Gasteiger partial charge in [-0.15, -0.1) is 12.4 Å². The summed E-state index contributed by atoms with van der Waals surface area (Å²) in [6, 6.07) is 14.9. The first-order valence-corrected chi connectivity index (χ1v) is 9.06. The van der Waals surface area contributed by atoms with Crippen LogP contribution in [0.25, 0.3) is 0 Å². The largest absolute Gasteiger partial charge is 0.491 e. The molecule has 2 atom stereocenters. The van der Waals surface area contributed by atoms with Crippen LogP contribution < -0.4 is 10.1 Å². The third-order valence-electron chi connectivity index (χ3n) is 4.74. The lowest BCUT2D eigenvalue weighted by atomic mass is 9.81. The van der Waals surface area contributed by atoms with E-state index in [1.54, 1.807) is 0 Å². The Labute approximate surface area is 157 Å². The molecule has 3 rings (SSSR count). The summed E-state index contributed by atoms with van der Waals surface area (Å²) in [4.78, 5) is 4.52. The SMILES string of the molecule is CC(C)Cc1ncccc1OC[C@H]1CNCC[C@@H]1c1ccccc1.Cl. The second kappa shape index (κ2) is 9.79. The molecular weight excluding hydrogens is 332 g/mol. The van der Waals surface area contributed by atoms with Crippen LogP contribution in [-0.2, 0) is 6.42 Å². The zero-order chi connectivity index (χ0) is 16.8. The van der Waals surface area contributed by atoms with Crippen molar-refractivity contribution in [1.29, 1.82) is 0 Å². The van der Waals surface area contributed by atoms with Crippen LogP contribution in [0.4, 0.5) is 0 Å². The molecule has 0 radical (unpaired) electrons. The lowest BCUT2D eigenvalue weighted by Crippen LogP contribution is -2.38.